The number of ether oxygens (including phenoxy) is 1. The summed E-state index contributed by atoms with van der Waals surface area (Å²) in [6.07, 6.45) is 4.73. The van der Waals surface area contributed by atoms with E-state index in [0.29, 0.717) is 65.9 Å². The number of amides is 2. The number of benzene rings is 1. The minimum atomic E-state index is -0.729. The first-order valence-electron chi connectivity index (χ1n) is 12.0. The van der Waals surface area contributed by atoms with Gasteiger partial charge in [0.05, 0.1) is 37.3 Å². The topological polar surface area (TPSA) is 130 Å². The number of piperazine rings is 1. The zero-order chi connectivity index (χ0) is 25.9. The monoisotopic (exact) mass is 501 g/mol. The number of hydrogen-bond donors (Lipinski definition) is 2. The normalized spacial score (nSPS) is 16.5. The molecule has 0 aliphatic carbocycles. The van der Waals surface area contributed by atoms with E-state index in [2.05, 4.69) is 25.6 Å². The van der Waals surface area contributed by atoms with E-state index < -0.39 is 17.6 Å². The number of aromatic nitrogens is 3. The molecule has 1 unspecified atom stereocenters. The van der Waals surface area contributed by atoms with Crippen molar-refractivity contribution in [3.63, 3.8) is 0 Å². The maximum Gasteiger partial charge on any atom is 0.290 e. The third-order valence-electron chi connectivity index (χ3n) is 6.69. The smallest absolute Gasteiger partial charge is 0.290 e. The minimum absolute atomic E-state index is 0.0800. The number of ketones is 1. The average molecular weight is 502 g/mol. The van der Waals surface area contributed by atoms with Crippen molar-refractivity contribution in [3.8, 4) is 17.1 Å². The Balaban J connectivity index is 1.32. The van der Waals surface area contributed by atoms with Gasteiger partial charge in [0.25, 0.3) is 11.8 Å². The summed E-state index contributed by atoms with van der Waals surface area (Å²) in [6, 6.07) is 9.03. The van der Waals surface area contributed by atoms with Crippen LogP contribution in [0.2, 0.25) is 0 Å². The van der Waals surface area contributed by atoms with E-state index in [-0.39, 0.29) is 12.5 Å². The first-order valence-corrected chi connectivity index (χ1v) is 12.0. The lowest BCUT2D eigenvalue weighted by molar-refractivity contribution is -0.146. The number of anilines is 2. The number of carbonyl (C=O) groups excluding carboxylic acids is 3. The van der Waals surface area contributed by atoms with E-state index in [1.54, 1.807) is 36.5 Å². The molecule has 2 N–H and O–H groups in total. The van der Waals surface area contributed by atoms with Gasteiger partial charge in [0.15, 0.2) is 0 Å². The fourth-order valence-corrected chi connectivity index (χ4v) is 4.68. The van der Waals surface area contributed by atoms with Crippen LogP contribution < -0.4 is 15.4 Å². The zero-order valence-electron chi connectivity index (χ0n) is 20.6. The molecule has 11 nitrogen and oxygen atoms in total. The average Bonchev–Trinajstić information content (AvgIpc) is 3.41. The Kier molecular flexibility index (Phi) is 6.67. The Labute approximate surface area is 213 Å². The van der Waals surface area contributed by atoms with Crippen molar-refractivity contribution in [1.29, 1.82) is 0 Å². The van der Waals surface area contributed by atoms with Crippen LogP contribution in [0.1, 0.15) is 21.8 Å². The standard InChI is InChI=1S/C26H27N7O4/c1-27-20-15-28-18(13-29-20)22-23-21(19(37-2)14-31-22)17(12-30-23)24(34)26(36)33-10-8-32(9-11-33)25(35)16-6-4-3-5-7-16/h3-7,13-15,17,30H,8-12H2,1-2H3,(H,27,29). The highest BCUT2D eigenvalue weighted by molar-refractivity contribution is 6.38. The van der Waals surface area contributed by atoms with Crippen LogP contribution in [-0.4, -0.2) is 89.2 Å². The summed E-state index contributed by atoms with van der Waals surface area (Å²) in [5.41, 5.74) is 2.86. The van der Waals surface area contributed by atoms with Gasteiger partial charge in [0.2, 0.25) is 5.78 Å². The third kappa shape index (κ3) is 4.55. The van der Waals surface area contributed by atoms with E-state index in [0.717, 1.165) is 0 Å². The molecule has 2 aromatic heterocycles. The van der Waals surface area contributed by atoms with Crippen LogP contribution in [0.4, 0.5) is 11.5 Å². The van der Waals surface area contributed by atoms with Crippen molar-refractivity contribution >= 4 is 29.1 Å². The molecule has 37 heavy (non-hydrogen) atoms. The predicted octanol–water partition coefficient (Wildman–Crippen LogP) is 1.65. The molecule has 1 fully saturated rings. The van der Waals surface area contributed by atoms with Gasteiger partial charge < -0.3 is 25.2 Å². The molecule has 3 aromatic rings. The van der Waals surface area contributed by atoms with Gasteiger partial charge in [-0.3, -0.25) is 14.4 Å². The second kappa shape index (κ2) is 10.2. The number of hydrogen-bond acceptors (Lipinski definition) is 9. The molecule has 5 rings (SSSR count). The highest BCUT2D eigenvalue weighted by Gasteiger charge is 2.40. The maximum absolute atomic E-state index is 13.4. The Morgan fingerprint density at radius 1 is 0.973 bits per heavy atom. The van der Waals surface area contributed by atoms with E-state index in [4.69, 9.17) is 4.74 Å². The molecule has 0 bridgehead atoms. The van der Waals surface area contributed by atoms with E-state index in [1.165, 1.54) is 18.2 Å². The second-order valence-corrected chi connectivity index (χ2v) is 8.75. The van der Waals surface area contributed by atoms with Crippen LogP contribution in [0.3, 0.4) is 0 Å². The van der Waals surface area contributed by atoms with Gasteiger partial charge in [-0.15, -0.1) is 0 Å². The molecule has 1 saturated heterocycles. The Bertz CT molecular complexity index is 1320. The molecule has 0 saturated carbocycles. The lowest BCUT2D eigenvalue weighted by Crippen LogP contribution is -2.52. The maximum atomic E-state index is 13.4. The van der Waals surface area contributed by atoms with Gasteiger partial charge in [-0.25, -0.2) is 15.0 Å². The van der Waals surface area contributed by atoms with Crippen LogP contribution in [0.25, 0.3) is 11.4 Å². The summed E-state index contributed by atoms with van der Waals surface area (Å²) < 4.78 is 5.50. The molecule has 2 aliphatic rings. The van der Waals surface area contributed by atoms with Gasteiger partial charge in [0.1, 0.15) is 23.0 Å². The van der Waals surface area contributed by atoms with Gasteiger partial charge >= 0.3 is 0 Å². The number of Topliss-reactive ketones (excluding diaryl/α,β-unsaturated/α-hetero) is 1. The van der Waals surface area contributed by atoms with Gasteiger partial charge in [-0.2, -0.15) is 0 Å². The molecule has 4 heterocycles. The summed E-state index contributed by atoms with van der Waals surface area (Å²) in [7, 11) is 3.26. The SMILES string of the molecule is CNc1cnc(-c2ncc(OC)c3c2NCC3C(=O)C(=O)N2CCN(C(=O)c3ccccc3)CC2)cn1. The summed E-state index contributed by atoms with van der Waals surface area (Å²) >= 11 is 0. The Morgan fingerprint density at radius 3 is 2.35 bits per heavy atom. The summed E-state index contributed by atoms with van der Waals surface area (Å²) in [5, 5.41) is 6.15. The lowest BCUT2D eigenvalue weighted by Gasteiger charge is -2.34. The number of nitrogens with zero attached hydrogens (tertiary/aromatic N) is 5. The Morgan fingerprint density at radius 2 is 1.70 bits per heavy atom. The van der Waals surface area contributed by atoms with Crippen molar-refractivity contribution in [2.45, 2.75) is 5.92 Å². The first-order chi connectivity index (χ1) is 18.0. The molecule has 190 valence electrons. The van der Waals surface area contributed by atoms with Crippen molar-refractivity contribution in [2.75, 3.05) is 57.5 Å². The van der Waals surface area contributed by atoms with Gasteiger partial charge in [-0.1, -0.05) is 18.2 Å². The van der Waals surface area contributed by atoms with Crippen LogP contribution in [0.15, 0.2) is 48.9 Å². The molecule has 0 radical (unpaired) electrons. The molecule has 11 heteroatoms. The van der Waals surface area contributed by atoms with Crippen LogP contribution in [0.5, 0.6) is 5.75 Å². The van der Waals surface area contributed by atoms with Gasteiger partial charge in [-0.05, 0) is 12.1 Å². The number of fused-ring (bicyclic) bond motifs is 1. The molecule has 1 atom stereocenters. The first kappa shape index (κ1) is 24.2. The van der Waals surface area contributed by atoms with Crippen LogP contribution >= 0.6 is 0 Å². The van der Waals surface area contributed by atoms with Crippen molar-refractivity contribution < 1.29 is 19.1 Å². The number of nitrogens with one attached hydrogen (secondary N) is 2. The second-order valence-electron chi connectivity index (χ2n) is 8.75. The number of pyridine rings is 1. The molecule has 2 amide bonds. The van der Waals surface area contributed by atoms with E-state index in [1.807, 2.05) is 18.2 Å². The summed E-state index contributed by atoms with van der Waals surface area (Å²) in [4.78, 5) is 55.8. The summed E-state index contributed by atoms with van der Waals surface area (Å²) in [5.74, 6) is -0.860. The highest BCUT2D eigenvalue weighted by Crippen LogP contribution is 2.43. The molecule has 1 aromatic carbocycles. The zero-order valence-corrected chi connectivity index (χ0v) is 20.6. The molecule has 2 aliphatic heterocycles. The van der Waals surface area contributed by atoms with E-state index >= 15 is 0 Å². The van der Waals surface area contributed by atoms with Crippen LogP contribution in [0, 0.1) is 0 Å². The van der Waals surface area contributed by atoms with Crippen molar-refractivity contribution in [2.24, 2.45) is 0 Å². The largest absolute Gasteiger partial charge is 0.495 e. The third-order valence-corrected chi connectivity index (χ3v) is 6.69. The van der Waals surface area contributed by atoms with Crippen molar-refractivity contribution in [3.05, 3.63) is 60.0 Å². The number of methoxy groups -OCH3 is 1. The fraction of sp³-hybridized carbons (Fsp3) is 0.308. The number of carbonyl (C=O) groups is 3. The lowest BCUT2D eigenvalue weighted by atomic mass is 9.94. The minimum Gasteiger partial charge on any atom is -0.495 e. The van der Waals surface area contributed by atoms with E-state index in [9.17, 15) is 14.4 Å². The predicted molar refractivity (Wildman–Crippen MR) is 137 cm³/mol. The highest BCUT2D eigenvalue weighted by atomic mass is 16.5. The van der Waals surface area contributed by atoms with Gasteiger partial charge in [0, 0.05) is 50.9 Å². The molecule has 0 spiro atoms. The Hall–Kier alpha value is -4.54. The van der Waals surface area contributed by atoms with Crippen LogP contribution in [-0.2, 0) is 9.59 Å². The number of rotatable bonds is 6. The molecular weight excluding hydrogens is 474 g/mol. The fourth-order valence-electron chi connectivity index (χ4n) is 4.68. The molecular formula is C26H27N7O4. The quantitative estimate of drug-likeness (QED) is 0.484. The summed E-state index contributed by atoms with van der Waals surface area (Å²) in [6.45, 7) is 1.56. The van der Waals surface area contributed by atoms with Crippen molar-refractivity contribution in [1.82, 2.24) is 24.8 Å².